The first-order chi connectivity index (χ1) is 10.8. The summed E-state index contributed by atoms with van der Waals surface area (Å²) in [4.78, 5) is 12.8. The second kappa shape index (κ2) is 5.23. The van der Waals surface area contributed by atoms with Gasteiger partial charge in [0.25, 0.3) is 0 Å². The monoisotopic (exact) mass is 296 g/mol. The lowest BCUT2D eigenvalue weighted by atomic mass is 9.64. The molecule has 1 amide bonds. The number of hydrogen-bond donors (Lipinski definition) is 1. The molecule has 1 saturated carbocycles. The maximum absolute atomic E-state index is 12.8. The first-order valence-electron chi connectivity index (χ1n) is 8.04. The Hall–Kier alpha value is -2.17. The van der Waals surface area contributed by atoms with Crippen LogP contribution in [0.2, 0.25) is 0 Å². The molecular weight excluding hydrogens is 276 g/mol. The lowest BCUT2D eigenvalue weighted by Crippen LogP contribution is -2.49. The third kappa shape index (κ3) is 2.03. The van der Waals surface area contributed by atoms with E-state index >= 15 is 0 Å². The van der Waals surface area contributed by atoms with Gasteiger partial charge in [-0.3, -0.25) is 4.79 Å². The summed E-state index contributed by atoms with van der Waals surface area (Å²) in [5, 5.41) is 11.5. The summed E-state index contributed by atoms with van der Waals surface area (Å²) in [5.41, 5.74) is 0.792. The number of aromatic nitrogens is 3. The number of rotatable bonds is 4. The molecule has 22 heavy (non-hydrogen) atoms. The van der Waals surface area contributed by atoms with Gasteiger partial charge in [-0.2, -0.15) is 0 Å². The Balaban J connectivity index is 1.49. The highest BCUT2D eigenvalue weighted by Gasteiger charge is 2.45. The normalized spacial score (nSPS) is 18.5. The van der Waals surface area contributed by atoms with Crippen molar-refractivity contribution in [2.45, 2.75) is 50.6 Å². The minimum Gasteiger partial charge on any atom is -0.348 e. The van der Waals surface area contributed by atoms with Crippen molar-refractivity contribution in [1.82, 2.24) is 20.1 Å². The zero-order valence-electron chi connectivity index (χ0n) is 12.6. The van der Waals surface area contributed by atoms with Gasteiger partial charge in [0.15, 0.2) is 5.82 Å². The molecule has 0 spiro atoms. The predicted molar refractivity (Wildman–Crippen MR) is 82.2 cm³/mol. The van der Waals surface area contributed by atoms with E-state index in [0.29, 0.717) is 6.54 Å². The van der Waals surface area contributed by atoms with Crippen LogP contribution < -0.4 is 5.32 Å². The number of hydrogen-bond acceptors (Lipinski definition) is 3. The molecule has 2 aliphatic rings. The third-order valence-corrected chi connectivity index (χ3v) is 5.06. The molecule has 5 heteroatoms. The lowest BCUT2D eigenvalue weighted by Gasteiger charge is -2.40. The minimum absolute atomic E-state index is 0.125. The summed E-state index contributed by atoms with van der Waals surface area (Å²) in [5.74, 6) is 2.05. The van der Waals surface area contributed by atoms with Crippen molar-refractivity contribution >= 4 is 5.91 Å². The molecule has 1 aliphatic carbocycles. The SMILES string of the molecule is O=C(NCc1nnc2n1CCC2)C1(c2ccccc2)CCC1. The van der Waals surface area contributed by atoms with Crippen molar-refractivity contribution in [1.29, 1.82) is 0 Å². The molecule has 4 rings (SSSR count). The van der Waals surface area contributed by atoms with Gasteiger partial charge >= 0.3 is 0 Å². The molecule has 5 nitrogen and oxygen atoms in total. The summed E-state index contributed by atoms with van der Waals surface area (Å²) in [6.07, 6.45) is 5.10. The van der Waals surface area contributed by atoms with Gasteiger partial charge in [-0.15, -0.1) is 10.2 Å². The number of carbonyl (C=O) groups excluding carboxylic acids is 1. The Bertz CT molecular complexity index is 688. The van der Waals surface area contributed by atoms with E-state index in [9.17, 15) is 4.79 Å². The van der Waals surface area contributed by atoms with E-state index in [2.05, 4.69) is 32.2 Å². The Kier molecular flexibility index (Phi) is 3.21. The second-order valence-electron chi connectivity index (χ2n) is 6.27. The molecule has 0 bridgehead atoms. The fourth-order valence-corrected chi connectivity index (χ4v) is 3.60. The van der Waals surface area contributed by atoms with Crippen LogP contribution in [0.3, 0.4) is 0 Å². The highest BCUT2D eigenvalue weighted by molar-refractivity contribution is 5.89. The number of nitrogens with zero attached hydrogens (tertiary/aromatic N) is 3. The molecular formula is C17H20N4O. The van der Waals surface area contributed by atoms with Crippen LogP contribution in [0.25, 0.3) is 0 Å². The number of carbonyl (C=O) groups is 1. The Labute approximate surface area is 129 Å². The lowest BCUT2D eigenvalue weighted by molar-refractivity contribution is -0.130. The standard InChI is InChI=1S/C17H20N4O/c22-16(17(9-5-10-17)13-6-2-1-3-7-13)18-12-15-20-19-14-8-4-11-21(14)15/h1-3,6-7H,4-5,8-12H2,(H,18,22). The summed E-state index contributed by atoms with van der Waals surface area (Å²) < 4.78 is 2.14. The summed E-state index contributed by atoms with van der Waals surface area (Å²) in [6, 6.07) is 10.1. The minimum atomic E-state index is -0.338. The quantitative estimate of drug-likeness (QED) is 0.938. The number of fused-ring (bicyclic) bond motifs is 1. The Morgan fingerprint density at radius 1 is 1.18 bits per heavy atom. The van der Waals surface area contributed by atoms with Crippen LogP contribution in [-0.4, -0.2) is 20.7 Å². The van der Waals surface area contributed by atoms with Gasteiger partial charge in [0, 0.05) is 13.0 Å². The van der Waals surface area contributed by atoms with Crippen molar-refractivity contribution in [2.75, 3.05) is 0 Å². The maximum Gasteiger partial charge on any atom is 0.231 e. The van der Waals surface area contributed by atoms with Gasteiger partial charge in [-0.05, 0) is 24.8 Å². The van der Waals surface area contributed by atoms with Gasteiger partial charge in [0.05, 0.1) is 12.0 Å². The molecule has 1 fully saturated rings. The third-order valence-electron chi connectivity index (χ3n) is 5.06. The zero-order chi connectivity index (χ0) is 15.0. The molecule has 1 N–H and O–H groups in total. The number of aryl methyl sites for hydroxylation is 1. The van der Waals surface area contributed by atoms with Gasteiger partial charge in [0.2, 0.25) is 5.91 Å². The molecule has 1 aromatic carbocycles. The first kappa shape index (κ1) is 13.5. The molecule has 2 aromatic rings. The van der Waals surface area contributed by atoms with Crippen LogP contribution in [0.1, 0.15) is 42.9 Å². The van der Waals surface area contributed by atoms with Gasteiger partial charge in [-0.25, -0.2) is 0 Å². The van der Waals surface area contributed by atoms with E-state index in [1.807, 2.05) is 18.2 Å². The molecule has 2 heterocycles. The largest absolute Gasteiger partial charge is 0.348 e. The zero-order valence-corrected chi connectivity index (χ0v) is 12.6. The molecule has 1 aliphatic heterocycles. The van der Waals surface area contributed by atoms with E-state index < -0.39 is 0 Å². The van der Waals surface area contributed by atoms with Crippen LogP contribution in [0.4, 0.5) is 0 Å². The molecule has 0 atom stereocenters. The first-order valence-corrected chi connectivity index (χ1v) is 8.04. The van der Waals surface area contributed by atoms with Crippen molar-refractivity contribution < 1.29 is 4.79 Å². The van der Waals surface area contributed by atoms with Crippen LogP contribution >= 0.6 is 0 Å². The summed E-state index contributed by atoms with van der Waals surface area (Å²) in [6.45, 7) is 1.44. The topological polar surface area (TPSA) is 59.8 Å². The maximum atomic E-state index is 12.8. The Morgan fingerprint density at radius 3 is 2.73 bits per heavy atom. The number of amides is 1. The van der Waals surface area contributed by atoms with Crippen molar-refractivity contribution in [2.24, 2.45) is 0 Å². The van der Waals surface area contributed by atoms with E-state index in [-0.39, 0.29) is 11.3 Å². The smallest absolute Gasteiger partial charge is 0.231 e. The van der Waals surface area contributed by atoms with E-state index in [1.54, 1.807) is 0 Å². The number of benzene rings is 1. The second-order valence-corrected chi connectivity index (χ2v) is 6.27. The van der Waals surface area contributed by atoms with Crippen LogP contribution in [0, 0.1) is 0 Å². The highest BCUT2D eigenvalue weighted by Crippen LogP contribution is 2.43. The molecule has 0 radical (unpaired) electrons. The fourth-order valence-electron chi connectivity index (χ4n) is 3.60. The average molecular weight is 296 g/mol. The predicted octanol–water partition coefficient (Wildman–Crippen LogP) is 1.96. The van der Waals surface area contributed by atoms with E-state index in [0.717, 1.165) is 55.9 Å². The van der Waals surface area contributed by atoms with Crippen molar-refractivity contribution in [3.05, 3.63) is 47.5 Å². The van der Waals surface area contributed by atoms with Gasteiger partial charge < -0.3 is 9.88 Å². The molecule has 0 saturated heterocycles. The average Bonchev–Trinajstić information content (AvgIpc) is 3.08. The van der Waals surface area contributed by atoms with Crippen molar-refractivity contribution in [3.63, 3.8) is 0 Å². The van der Waals surface area contributed by atoms with Crippen LogP contribution in [-0.2, 0) is 29.7 Å². The molecule has 114 valence electrons. The van der Waals surface area contributed by atoms with Crippen LogP contribution in [0.15, 0.2) is 30.3 Å². The molecule has 0 unspecified atom stereocenters. The fraction of sp³-hybridized carbons (Fsp3) is 0.471. The van der Waals surface area contributed by atoms with E-state index in [4.69, 9.17) is 0 Å². The van der Waals surface area contributed by atoms with Gasteiger partial charge in [0.1, 0.15) is 5.82 Å². The van der Waals surface area contributed by atoms with Crippen LogP contribution in [0.5, 0.6) is 0 Å². The van der Waals surface area contributed by atoms with Gasteiger partial charge in [-0.1, -0.05) is 36.8 Å². The van der Waals surface area contributed by atoms with Crippen molar-refractivity contribution in [3.8, 4) is 0 Å². The van der Waals surface area contributed by atoms with E-state index in [1.165, 1.54) is 0 Å². The summed E-state index contributed by atoms with van der Waals surface area (Å²) in [7, 11) is 0. The molecule has 1 aromatic heterocycles. The highest BCUT2D eigenvalue weighted by atomic mass is 16.2. The summed E-state index contributed by atoms with van der Waals surface area (Å²) >= 11 is 0. The Morgan fingerprint density at radius 2 is 2.00 bits per heavy atom. The number of nitrogens with one attached hydrogen (secondary N) is 1.